The fourth-order valence-electron chi connectivity index (χ4n) is 2.92. The number of hydrogen-bond donors (Lipinski definition) is 1. The maximum atomic E-state index is 10.4. The molecule has 3 nitrogen and oxygen atoms in total. The van der Waals surface area contributed by atoms with Gasteiger partial charge in [0.25, 0.3) is 0 Å². The monoisotopic (exact) mass is 328 g/mol. The minimum atomic E-state index is -0.669. The van der Waals surface area contributed by atoms with E-state index in [0.29, 0.717) is 12.5 Å². The zero-order valence-corrected chi connectivity index (χ0v) is 16.0. The molecular formula is C20H40O3. The molecule has 0 bridgehead atoms. The van der Waals surface area contributed by atoms with Gasteiger partial charge in [-0.05, 0) is 40.0 Å². The second kappa shape index (κ2) is 13.8. The van der Waals surface area contributed by atoms with E-state index in [4.69, 9.17) is 9.84 Å². The minimum absolute atomic E-state index is 0.0407. The topological polar surface area (TPSA) is 46.5 Å². The fraction of sp³-hybridized carbons (Fsp3) is 0.950. The van der Waals surface area contributed by atoms with Crippen LogP contribution in [0.4, 0.5) is 0 Å². The summed E-state index contributed by atoms with van der Waals surface area (Å²) in [6.07, 6.45) is 15.1. The minimum Gasteiger partial charge on any atom is -0.481 e. The number of hydrogen-bond acceptors (Lipinski definition) is 2. The highest BCUT2D eigenvalue weighted by Gasteiger charge is 2.18. The molecule has 0 saturated heterocycles. The zero-order valence-electron chi connectivity index (χ0n) is 16.0. The van der Waals surface area contributed by atoms with Gasteiger partial charge in [-0.15, -0.1) is 0 Å². The van der Waals surface area contributed by atoms with E-state index in [1.165, 1.54) is 64.2 Å². The Hall–Kier alpha value is -0.570. The predicted molar refractivity (Wildman–Crippen MR) is 98.0 cm³/mol. The van der Waals surface area contributed by atoms with Gasteiger partial charge < -0.3 is 9.84 Å². The number of ether oxygens (including phenoxy) is 1. The highest BCUT2D eigenvalue weighted by atomic mass is 16.5. The van der Waals surface area contributed by atoms with Crippen LogP contribution in [-0.4, -0.2) is 22.8 Å². The van der Waals surface area contributed by atoms with Gasteiger partial charge in [-0.1, -0.05) is 64.7 Å². The molecule has 0 aliphatic heterocycles. The third-order valence-electron chi connectivity index (χ3n) is 4.07. The molecule has 1 atom stereocenters. The molecule has 0 radical (unpaired) electrons. The molecule has 0 aliphatic rings. The fourth-order valence-corrected chi connectivity index (χ4v) is 2.92. The average Bonchev–Trinajstić information content (AvgIpc) is 2.43. The molecule has 1 unspecified atom stereocenters. The molecule has 3 heteroatoms. The molecule has 0 saturated carbocycles. The van der Waals surface area contributed by atoms with Crippen molar-refractivity contribution in [1.29, 1.82) is 0 Å². The van der Waals surface area contributed by atoms with Crippen LogP contribution in [0.3, 0.4) is 0 Å². The van der Waals surface area contributed by atoms with E-state index in [2.05, 4.69) is 27.7 Å². The van der Waals surface area contributed by atoms with E-state index >= 15 is 0 Å². The predicted octanol–water partition coefficient (Wildman–Crippen LogP) is 6.35. The molecule has 0 aliphatic carbocycles. The highest BCUT2D eigenvalue weighted by molar-refractivity contribution is 5.66. The van der Waals surface area contributed by atoms with Crippen LogP contribution in [0.25, 0.3) is 0 Å². The third-order valence-corrected chi connectivity index (χ3v) is 4.07. The third kappa shape index (κ3) is 17.6. The molecule has 0 rings (SSSR count). The van der Waals surface area contributed by atoms with E-state index < -0.39 is 5.97 Å². The largest absolute Gasteiger partial charge is 0.481 e. The second-order valence-corrected chi connectivity index (χ2v) is 7.76. The number of carboxylic acid groups (broad SMARTS) is 1. The van der Waals surface area contributed by atoms with Gasteiger partial charge in [0.1, 0.15) is 0 Å². The smallest absolute Gasteiger partial charge is 0.303 e. The SMILES string of the molecule is CCCCCC(CCCCCCCCCC(=O)O)OC(C)(C)C. The van der Waals surface area contributed by atoms with Gasteiger partial charge in [-0.25, -0.2) is 0 Å². The van der Waals surface area contributed by atoms with Gasteiger partial charge in [-0.3, -0.25) is 4.79 Å². The first kappa shape index (κ1) is 22.4. The quantitative estimate of drug-likeness (QED) is 0.356. The molecular weight excluding hydrogens is 288 g/mol. The van der Waals surface area contributed by atoms with Crippen molar-refractivity contribution in [1.82, 2.24) is 0 Å². The summed E-state index contributed by atoms with van der Waals surface area (Å²) in [5, 5.41) is 8.58. The van der Waals surface area contributed by atoms with Crippen molar-refractivity contribution in [3.8, 4) is 0 Å². The van der Waals surface area contributed by atoms with Crippen molar-refractivity contribution in [3.05, 3.63) is 0 Å². The first-order valence-electron chi connectivity index (χ1n) is 9.74. The second-order valence-electron chi connectivity index (χ2n) is 7.76. The molecule has 0 aromatic rings. The Morgan fingerprint density at radius 2 is 1.35 bits per heavy atom. The Balaban J connectivity index is 3.66. The normalized spacial score (nSPS) is 13.2. The van der Waals surface area contributed by atoms with Crippen molar-refractivity contribution in [3.63, 3.8) is 0 Å². The van der Waals surface area contributed by atoms with Crippen LogP contribution in [-0.2, 0) is 9.53 Å². The van der Waals surface area contributed by atoms with Crippen LogP contribution in [0, 0.1) is 0 Å². The van der Waals surface area contributed by atoms with Crippen molar-refractivity contribution in [2.24, 2.45) is 0 Å². The Bertz CT molecular complexity index is 281. The van der Waals surface area contributed by atoms with Crippen molar-refractivity contribution in [2.45, 2.75) is 123 Å². The Morgan fingerprint density at radius 3 is 1.83 bits per heavy atom. The summed E-state index contributed by atoms with van der Waals surface area (Å²) in [6.45, 7) is 8.70. The number of unbranched alkanes of at least 4 members (excludes halogenated alkanes) is 8. The molecule has 1 N–H and O–H groups in total. The molecule has 23 heavy (non-hydrogen) atoms. The average molecular weight is 329 g/mol. The summed E-state index contributed by atoms with van der Waals surface area (Å²) in [5.74, 6) is -0.669. The maximum absolute atomic E-state index is 10.4. The lowest BCUT2D eigenvalue weighted by molar-refractivity contribution is -0.137. The van der Waals surface area contributed by atoms with E-state index in [1.54, 1.807) is 0 Å². The van der Waals surface area contributed by atoms with E-state index in [9.17, 15) is 4.79 Å². The summed E-state index contributed by atoms with van der Waals surface area (Å²) in [5.41, 5.74) is -0.0407. The van der Waals surface area contributed by atoms with Gasteiger partial charge in [0.05, 0.1) is 11.7 Å². The van der Waals surface area contributed by atoms with Gasteiger partial charge in [0.15, 0.2) is 0 Å². The molecule has 138 valence electrons. The van der Waals surface area contributed by atoms with Crippen LogP contribution >= 0.6 is 0 Å². The van der Waals surface area contributed by atoms with Crippen LogP contribution in [0.5, 0.6) is 0 Å². The lowest BCUT2D eigenvalue weighted by Crippen LogP contribution is -2.27. The molecule has 0 aromatic carbocycles. The number of carboxylic acids is 1. The van der Waals surface area contributed by atoms with Crippen LogP contribution in [0.15, 0.2) is 0 Å². The molecule has 0 aromatic heterocycles. The van der Waals surface area contributed by atoms with Crippen molar-refractivity contribution in [2.75, 3.05) is 0 Å². The molecule has 0 fully saturated rings. The van der Waals surface area contributed by atoms with Gasteiger partial charge in [0, 0.05) is 6.42 Å². The molecule has 0 spiro atoms. The van der Waals surface area contributed by atoms with Gasteiger partial charge >= 0.3 is 5.97 Å². The van der Waals surface area contributed by atoms with E-state index in [-0.39, 0.29) is 5.60 Å². The summed E-state index contributed by atoms with van der Waals surface area (Å²) < 4.78 is 6.21. The Kier molecular flexibility index (Phi) is 13.5. The first-order chi connectivity index (χ1) is 10.8. The summed E-state index contributed by atoms with van der Waals surface area (Å²) >= 11 is 0. The summed E-state index contributed by atoms with van der Waals surface area (Å²) in [4.78, 5) is 10.4. The summed E-state index contributed by atoms with van der Waals surface area (Å²) in [6, 6.07) is 0. The first-order valence-corrected chi connectivity index (χ1v) is 9.74. The van der Waals surface area contributed by atoms with Crippen molar-refractivity contribution < 1.29 is 14.6 Å². The van der Waals surface area contributed by atoms with Gasteiger partial charge in [-0.2, -0.15) is 0 Å². The van der Waals surface area contributed by atoms with Crippen molar-refractivity contribution >= 4 is 5.97 Å². The van der Waals surface area contributed by atoms with Crippen LogP contribution < -0.4 is 0 Å². The Labute approximate surface area is 144 Å². The molecule has 0 amide bonds. The van der Waals surface area contributed by atoms with Crippen LogP contribution in [0.1, 0.15) is 111 Å². The van der Waals surface area contributed by atoms with E-state index in [0.717, 1.165) is 12.8 Å². The number of rotatable bonds is 15. The zero-order chi connectivity index (χ0) is 17.6. The Morgan fingerprint density at radius 1 is 0.870 bits per heavy atom. The summed E-state index contributed by atoms with van der Waals surface area (Å²) in [7, 11) is 0. The lowest BCUT2D eigenvalue weighted by Gasteiger charge is -2.28. The standard InChI is InChI=1S/C20H40O3/c1-5-6-12-15-18(23-20(2,3)4)16-13-10-8-7-9-11-14-17-19(21)22/h18H,5-17H2,1-4H3,(H,21,22). The van der Waals surface area contributed by atoms with Gasteiger partial charge in [0.2, 0.25) is 0 Å². The highest BCUT2D eigenvalue weighted by Crippen LogP contribution is 2.21. The number of carbonyl (C=O) groups is 1. The van der Waals surface area contributed by atoms with E-state index in [1.807, 2.05) is 0 Å². The lowest BCUT2D eigenvalue weighted by atomic mass is 10.0. The number of aliphatic carboxylic acids is 1. The van der Waals surface area contributed by atoms with Crippen LogP contribution in [0.2, 0.25) is 0 Å². The molecule has 0 heterocycles. The maximum Gasteiger partial charge on any atom is 0.303 e.